The van der Waals surface area contributed by atoms with Crippen molar-refractivity contribution in [1.82, 2.24) is 15.3 Å². The van der Waals surface area contributed by atoms with Crippen molar-refractivity contribution in [1.29, 1.82) is 0 Å². The van der Waals surface area contributed by atoms with E-state index in [0.717, 1.165) is 17.5 Å². The van der Waals surface area contributed by atoms with Crippen LogP contribution in [0.2, 0.25) is 0 Å². The van der Waals surface area contributed by atoms with Gasteiger partial charge in [-0.25, -0.2) is 4.98 Å². The lowest BCUT2D eigenvalue weighted by Crippen LogP contribution is -2.22. The minimum Gasteiger partial charge on any atom is -0.491 e. The van der Waals surface area contributed by atoms with E-state index in [1.54, 1.807) is 18.3 Å². The molecule has 2 heterocycles. The fraction of sp³-hybridized carbons (Fsp3) is 0.208. The van der Waals surface area contributed by atoms with Crippen LogP contribution >= 0.6 is 0 Å². The van der Waals surface area contributed by atoms with Gasteiger partial charge in [-0.05, 0) is 61.4 Å². The maximum Gasteiger partial charge on any atom is 0.251 e. The van der Waals surface area contributed by atoms with E-state index >= 15 is 0 Å². The van der Waals surface area contributed by atoms with Crippen molar-refractivity contribution in [3.8, 4) is 17.2 Å². The summed E-state index contributed by atoms with van der Waals surface area (Å²) in [6, 6.07) is 18.6. The van der Waals surface area contributed by atoms with Crippen LogP contribution in [0.25, 0.3) is 22.7 Å². The summed E-state index contributed by atoms with van der Waals surface area (Å²) in [5.74, 6) is 1.09. The molecular formula is C24H23N3O3. The highest BCUT2D eigenvalue weighted by atomic mass is 16.5. The van der Waals surface area contributed by atoms with Crippen LogP contribution in [0.5, 0.6) is 5.75 Å². The lowest BCUT2D eigenvalue weighted by Gasteiger charge is -2.13. The van der Waals surface area contributed by atoms with E-state index in [2.05, 4.69) is 22.2 Å². The third-order valence-corrected chi connectivity index (χ3v) is 4.83. The van der Waals surface area contributed by atoms with E-state index in [1.807, 2.05) is 55.5 Å². The molecule has 0 fully saturated rings. The number of pyridine rings is 1. The largest absolute Gasteiger partial charge is 0.491 e. The quantitative estimate of drug-likeness (QED) is 0.472. The van der Waals surface area contributed by atoms with E-state index in [-0.39, 0.29) is 12.0 Å². The highest BCUT2D eigenvalue weighted by molar-refractivity contribution is 5.94. The summed E-state index contributed by atoms with van der Waals surface area (Å²) in [5, 5.41) is 2.95. The average Bonchev–Trinajstić information content (AvgIpc) is 3.22. The second-order valence-electron chi connectivity index (χ2n) is 7.09. The summed E-state index contributed by atoms with van der Waals surface area (Å²) in [7, 11) is 0. The Labute approximate surface area is 174 Å². The molecule has 0 radical (unpaired) electrons. The molecule has 0 unspecified atom stereocenters. The summed E-state index contributed by atoms with van der Waals surface area (Å²) in [6.07, 6.45) is 2.71. The molecule has 6 heteroatoms. The molecule has 30 heavy (non-hydrogen) atoms. The Morgan fingerprint density at radius 2 is 1.97 bits per heavy atom. The molecule has 4 rings (SSSR count). The van der Waals surface area contributed by atoms with E-state index in [9.17, 15) is 4.79 Å². The smallest absolute Gasteiger partial charge is 0.251 e. The molecule has 0 aliphatic carbocycles. The van der Waals surface area contributed by atoms with Gasteiger partial charge in [-0.3, -0.25) is 4.79 Å². The molecule has 0 saturated heterocycles. The van der Waals surface area contributed by atoms with Gasteiger partial charge >= 0.3 is 0 Å². The number of amides is 1. The Balaban J connectivity index is 1.39. The number of nitrogens with zero attached hydrogens (tertiary/aromatic N) is 2. The number of carbonyl (C=O) groups is 1. The molecule has 0 aliphatic rings. The Morgan fingerprint density at radius 3 is 2.73 bits per heavy atom. The molecule has 1 atom stereocenters. The number of fused-ring (bicyclic) bond motifs is 1. The molecule has 6 nitrogen and oxygen atoms in total. The van der Waals surface area contributed by atoms with Crippen LogP contribution in [-0.4, -0.2) is 22.0 Å². The van der Waals surface area contributed by atoms with E-state index in [0.29, 0.717) is 35.0 Å². The summed E-state index contributed by atoms with van der Waals surface area (Å²) < 4.78 is 11.5. The van der Waals surface area contributed by atoms with Crippen LogP contribution in [0.3, 0.4) is 0 Å². The van der Waals surface area contributed by atoms with Gasteiger partial charge in [0, 0.05) is 23.9 Å². The van der Waals surface area contributed by atoms with Gasteiger partial charge in [0.1, 0.15) is 5.75 Å². The molecule has 2 aromatic heterocycles. The molecule has 2 aromatic carbocycles. The van der Waals surface area contributed by atoms with E-state index < -0.39 is 0 Å². The first kappa shape index (κ1) is 19.6. The van der Waals surface area contributed by atoms with Crippen molar-refractivity contribution in [2.45, 2.75) is 32.9 Å². The predicted molar refractivity (Wildman–Crippen MR) is 115 cm³/mol. The first-order chi connectivity index (χ1) is 14.6. The third kappa shape index (κ3) is 4.49. The van der Waals surface area contributed by atoms with Gasteiger partial charge in [0.2, 0.25) is 5.89 Å². The standard InChI is InChI=1S/C24H23N3O3/c1-3-16(2)29-20-7-4-6-19(14-20)23(28)26-15-17-9-11-18(12-10-17)24-27-22-21(30-24)8-5-13-25-22/h4-14,16H,3,15H2,1-2H3,(H,26,28)/t16-/m1/s1. The zero-order chi connectivity index (χ0) is 20.9. The second-order valence-corrected chi connectivity index (χ2v) is 7.09. The SMILES string of the molecule is CC[C@@H](C)Oc1cccc(C(=O)NCc2ccc(-c3nc4ncccc4o3)cc2)c1. The van der Waals surface area contributed by atoms with Crippen LogP contribution in [-0.2, 0) is 6.54 Å². The Bertz CT molecular complexity index is 1120. The fourth-order valence-electron chi connectivity index (χ4n) is 2.97. The number of hydrogen-bond acceptors (Lipinski definition) is 5. The lowest BCUT2D eigenvalue weighted by molar-refractivity contribution is 0.0950. The first-order valence-electron chi connectivity index (χ1n) is 9.98. The van der Waals surface area contributed by atoms with Crippen LogP contribution in [0.4, 0.5) is 0 Å². The fourth-order valence-corrected chi connectivity index (χ4v) is 2.97. The van der Waals surface area contributed by atoms with Crippen molar-refractivity contribution < 1.29 is 13.9 Å². The average molecular weight is 401 g/mol. The minimum atomic E-state index is -0.140. The number of carbonyl (C=O) groups excluding carboxylic acids is 1. The molecule has 0 aliphatic heterocycles. The highest BCUT2D eigenvalue weighted by Gasteiger charge is 2.10. The van der Waals surface area contributed by atoms with Crippen molar-refractivity contribution in [3.05, 3.63) is 78.0 Å². The van der Waals surface area contributed by atoms with Gasteiger partial charge in [0.25, 0.3) is 5.91 Å². The molecule has 1 amide bonds. The minimum absolute atomic E-state index is 0.110. The van der Waals surface area contributed by atoms with Crippen LogP contribution in [0, 0.1) is 0 Å². The summed E-state index contributed by atoms with van der Waals surface area (Å²) in [4.78, 5) is 21.1. The molecule has 0 bridgehead atoms. The number of nitrogens with one attached hydrogen (secondary N) is 1. The summed E-state index contributed by atoms with van der Waals surface area (Å²) in [5.41, 5.74) is 3.66. The zero-order valence-corrected chi connectivity index (χ0v) is 17.0. The molecule has 0 spiro atoms. The molecule has 152 valence electrons. The summed E-state index contributed by atoms with van der Waals surface area (Å²) in [6.45, 7) is 4.49. The number of oxazole rings is 1. The van der Waals surface area contributed by atoms with Crippen molar-refractivity contribution in [2.24, 2.45) is 0 Å². The normalized spacial score (nSPS) is 11.9. The van der Waals surface area contributed by atoms with E-state index in [1.165, 1.54) is 0 Å². The van der Waals surface area contributed by atoms with E-state index in [4.69, 9.17) is 9.15 Å². The molecule has 4 aromatic rings. The molecular weight excluding hydrogens is 378 g/mol. The number of rotatable bonds is 7. The van der Waals surface area contributed by atoms with Crippen molar-refractivity contribution in [2.75, 3.05) is 0 Å². The van der Waals surface area contributed by atoms with Crippen LogP contribution < -0.4 is 10.1 Å². The number of benzene rings is 2. The Hall–Kier alpha value is -3.67. The maximum absolute atomic E-state index is 12.5. The van der Waals surface area contributed by atoms with Crippen LogP contribution in [0.15, 0.2) is 71.3 Å². The van der Waals surface area contributed by atoms with Gasteiger partial charge in [-0.2, -0.15) is 4.98 Å². The molecule has 0 saturated carbocycles. The summed E-state index contributed by atoms with van der Waals surface area (Å²) >= 11 is 0. The highest BCUT2D eigenvalue weighted by Crippen LogP contribution is 2.23. The third-order valence-electron chi connectivity index (χ3n) is 4.83. The Morgan fingerprint density at radius 1 is 1.13 bits per heavy atom. The Kier molecular flexibility index (Phi) is 5.75. The number of hydrogen-bond donors (Lipinski definition) is 1. The monoisotopic (exact) mass is 401 g/mol. The van der Waals surface area contributed by atoms with Gasteiger partial charge in [-0.1, -0.05) is 25.1 Å². The zero-order valence-electron chi connectivity index (χ0n) is 17.0. The topological polar surface area (TPSA) is 77.2 Å². The van der Waals surface area contributed by atoms with Gasteiger partial charge in [-0.15, -0.1) is 0 Å². The maximum atomic E-state index is 12.5. The van der Waals surface area contributed by atoms with Crippen molar-refractivity contribution in [3.63, 3.8) is 0 Å². The number of aromatic nitrogens is 2. The van der Waals surface area contributed by atoms with Crippen molar-refractivity contribution >= 4 is 17.1 Å². The van der Waals surface area contributed by atoms with Gasteiger partial charge in [0.15, 0.2) is 11.2 Å². The first-order valence-corrected chi connectivity index (χ1v) is 9.98. The predicted octanol–water partition coefficient (Wildman–Crippen LogP) is 5.00. The van der Waals surface area contributed by atoms with Gasteiger partial charge in [0.05, 0.1) is 6.10 Å². The number of ether oxygens (including phenoxy) is 1. The van der Waals surface area contributed by atoms with Gasteiger partial charge < -0.3 is 14.5 Å². The van der Waals surface area contributed by atoms with Crippen LogP contribution in [0.1, 0.15) is 36.2 Å². The second kappa shape index (κ2) is 8.78. The lowest BCUT2D eigenvalue weighted by atomic mass is 10.1. The molecule has 1 N–H and O–H groups in total.